The molecule has 0 saturated heterocycles. The summed E-state index contributed by atoms with van der Waals surface area (Å²) in [6.45, 7) is 0. The highest BCUT2D eigenvalue weighted by molar-refractivity contribution is 5.78. The van der Waals surface area contributed by atoms with Crippen LogP contribution in [0, 0.1) is 11.3 Å². The molecular weight excluding hydrogens is 180 g/mol. The molecule has 0 aliphatic heterocycles. The summed E-state index contributed by atoms with van der Waals surface area (Å²) in [5.74, 6) is -0.557. The number of carboxylic acids is 1. The second-order valence-electron chi connectivity index (χ2n) is 4.80. The minimum atomic E-state index is -0.796. The first-order chi connectivity index (χ1) is 6.67. The molecule has 2 saturated carbocycles. The van der Waals surface area contributed by atoms with E-state index in [1.807, 2.05) is 0 Å². The van der Waals surface area contributed by atoms with E-state index in [4.69, 9.17) is 5.11 Å². The van der Waals surface area contributed by atoms with Gasteiger partial charge in [0.1, 0.15) is 0 Å². The van der Waals surface area contributed by atoms with Gasteiger partial charge >= 0.3 is 5.97 Å². The van der Waals surface area contributed by atoms with Crippen molar-refractivity contribution in [1.29, 1.82) is 0 Å². The third kappa shape index (κ3) is 1.54. The van der Waals surface area contributed by atoms with Crippen molar-refractivity contribution in [1.82, 2.24) is 0 Å². The van der Waals surface area contributed by atoms with Gasteiger partial charge in [-0.05, 0) is 31.6 Å². The number of rotatable bonds is 3. The number of aliphatic carboxylic acids is 1. The van der Waals surface area contributed by atoms with Crippen molar-refractivity contribution in [2.75, 3.05) is 0 Å². The Morgan fingerprint density at radius 3 is 2.21 bits per heavy atom. The van der Waals surface area contributed by atoms with Gasteiger partial charge in [-0.15, -0.1) is 0 Å². The lowest BCUT2D eigenvalue weighted by Gasteiger charge is -2.30. The zero-order valence-electron chi connectivity index (χ0n) is 8.41. The maximum Gasteiger partial charge on any atom is 0.312 e. The molecule has 0 amide bonds. The average molecular weight is 198 g/mol. The second-order valence-corrected chi connectivity index (χ2v) is 4.80. The lowest BCUT2D eigenvalue weighted by molar-refractivity contribution is -0.150. The van der Waals surface area contributed by atoms with Crippen LogP contribution in [-0.4, -0.2) is 22.3 Å². The van der Waals surface area contributed by atoms with Gasteiger partial charge in [0.25, 0.3) is 0 Å². The van der Waals surface area contributed by atoms with E-state index in [1.54, 1.807) is 0 Å². The summed E-state index contributed by atoms with van der Waals surface area (Å²) in [5.41, 5.74) is -0.762. The average Bonchev–Trinajstić information content (AvgIpc) is 2.99. The first-order valence-electron chi connectivity index (χ1n) is 5.58. The minimum Gasteiger partial charge on any atom is -0.481 e. The van der Waals surface area contributed by atoms with Gasteiger partial charge in [0, 0.05) is 0 Å². The van der Waals surface area contributed by atoms with E-state index in [9.17, 15) is 9.90 Å². The Balaban J connectivity index is 1.99. The van der Waals surface area contributed by atoms with E-state index in [0.29, 0.717) is 12.8 Å². The smallest absolute Gasteiger partial charge is 0.312 e. The summed E-state index contributed by atoms with van der Waals surface area (Å²) in [4.78, 5) is 11.0. The summed E-state index contributed by atoms with van der Waals surface area (Å²) >= 11 is 0. The third-order valence-corrected chi connectivity index (χ3v) is 3.88. The van der Waals surface area contributed by atoms with Crippen molar-refractivity contribution >= 4 is 5.97 Å². The van der Waals surface area contributed by atoms with Gasteiger partial charge in [-0.2, -0.15) is 0 Å². The van der Waals surface area contributed by atoms with Crippen molar-refractivity contribution in [3.05, 3.63) is 0 Å². The standard InChI is InChI=1S/C11H18O3/c12-9(8-4-2-1-3-5-8)11(6-7-11)10(13)14/h8-9,12H,1-7H2,(H,13,14). The van der Waals surface area contributed by atoms with E-state index in [-0.39, 0.29) is 5.92 Å². The lowest BCUT2D eigenvalue weighted by Crippen LogP contribution is -2.37. The fourth-order valence-corrected chi connectivity index (χ4v) is 2.67. The summed E-state index contributed by atoms with van der Waals surface area (Å²) < 4.78 is 0. The molecule has 0 spiro atoms. The Hall–Kier alpha value is -0.570. The Bertz CT molecular complexity index is 227. The Morgan fingerprint density at radius 1 is 1.21 bits per heavy atom. The predicted octanol–water partition coefficient (Wildman–Crippen LogP) is 1.79. The van der Waals surface area contributed by atoms with E-state index in [0.717, 1.165) is 25.7 Å². The Labute approximate surface area is 84.1 Å². The van der Waals surface area contributed by atoms with Crippen LogP contribution in [0.2, 0.25) is 0 Å². The van der Waals surface area contributed by atoms with Crippen molar-refractivity contribution in [2.24, 2.45) is 11.3 Å². The van der Waals surface area contributed by atoms with Crippen molar-refractivity contribution in [2.45, 2.75) is 51.0 Å². The number of aliphatic hydroxyl groups excluding tert-OH is 1. The highest BCUT2D eigenvalue weighted by Gasteiger charge is 2.57. The molecule has 1 atom stereocenters. The molecule has 1 unspecified atom stereocenters. The van der Waals surface area contributed by atoms with E-state index < -0.39 is 17.5 Å². The minimum absolute atomic E-state index is 0.238. The van der Waals surface area contributed by atoms with Crippen molar-refractivity contribution in [3.8, 4) is 0 Å². The van der Waals surface area contributed by atoms with Crippen LogP contribution in [0.5, 0.6) is 0 Å². The van der Waals surface area contributed by atoms with Crippen molar-refractivity contribution in [3.63, 3.8) is 0 Å². The monoisotopic (exact) mass is 198 g/mol. The van der Waals surface area contributed by atoms with Gasteiger partial charge in [-0.25, -0.2) is 0 Å². The Kier molecular flexibility index (Phi) is 2.52. The molecule has 3 nitrogen and oxygen atoms in total. The normalized spacial score (nSPS) is 28.4. The van der Waals surface area contributed by atoms with Gasteiger partial charge in [0.15, 0.2) is 0 Å². The molecule has 3 heteroatoms. The van der Waals surface area contributed by atoms with Crippen LogP contribution in [0.4, 0.5) is 0 Å². The van der Waals surface area contributed by atoms with Gasteiger partial charge < -0.3 is 10.2 Å². The maximum atomic E-state index is 11.0. The topological polar surface area (TPSA) is 57.5 Å². The first-order valence-corrected chi connectivity index (χ1v) is 5.58. The quantitative estimate of drug-likeness (QED) is 0.727. The molecule has 14 heavy (non-hydrogen) atoms. The molecule has 0 aromatic heterocycles. The molecule has 0 radical (unpaired) electrons. The largest absolute Gasteiger partial charge is 0.481 e. The zero-order chi connectivity index (χ0) is 10.2. The van der Waals surface area contributed by atoms with Crippen LogP contribution in [0.1, 0.15) is 44.9 Å². The van der Waals surface area contributed by atoms with Gasteiger partial charge in [0.2, 0.25) is 0 Å². The highest BCUT2D eigenvalue weighted by Crippen LogP contribution is 2.52. The number of hydrogen-bond donors (Lipinski definition) is 2. The van der Waals surface area contributed by atoms with Crippen LogP contribution in [0.15, 0.2) is 0 Å². The zero-order valence-corrected chi connectivity index (χ0v) is 8.41. The third-order valence-electron chi connectivity index (χ3n) is 3.88. The summed E-state index contributed by atoms with van der Waals surface area (Å²) in [5, 5.41) is 19.1. The SMILES string of the molecule is O=C(O)C1(C(O)C2CCCCC2)CC1. The van der Waals surface area contributed by atoms with Gasteiger partial charge in [-0.3, -0.25) is 4.79 Å². The molecule has 0 heterocycles. The maximum absolute atomic E-state index is 11.0. The van der Waals surface area contributed by atoms with Crippen LogP contribution in [0.3, 0.4) is 0 Å². The molecule has 2 rings (SSSR count). The van der Waals surface area contributed by atoms with Crippen molar-refractivity contribution < 1.29 is 15.0 Å². The molecule has 2 aliphatic carbocycles. The van der Waals surface area contributed by atoms with E-state index in [2.05, 4.69) is 0 Å². The van der Waals surface area contributed by atoms with Crippen LogP contribution < -0.4 is 0 Å². The summed E-state index contributed by atoms with van der Waals surface area (Å²) in [7, 11) is 0. The number of carbonyl (C=O) groups is 1. The second kappa shape index (κ2) is 3.54. The molecule has 0 aromatic rings. The lowest BCUT2D eigenvalue weighted by atomic mass is 9.79. The Morgan fingerprint density at radius 2 is 1.79 bits per heavy atom. The number of hydrogen-bond acceptors (Lipinski definition) is 2. The molecule has 2 aliphatic rings. The molecular formula is C11H18O3. The summed E-state index contributed by atoms with van der Waals surface area (Å²) in [6, 6.07) is 0. The van der Waals surface area contributed by atoms with Crippen LogP contribution >= 0.6 is 0 Å². The molecule has 2 N–H and O–H groups in total. The first kappa shape index (κ1) is 9.97. The molecule has 80 valence electrons. The van der Waals surface area contributed by atoms with Crippen LogP contribution in [-0.2, 0) is 4.79 Å². The molecule has 2 fully saturated rings. The fraction of sp³-hybridized carbons (Fsp3) is 0.909. The van der Waals surface area contributed by atoms with Crippen LogP contribution in [0.25, 0.3) is 0 Å². The van der Waals surface area contributed by atoms with E-state index in [1.165, 1.54) is 6.42 Å². The molecule has 0 bridgehead atoms. The number of carboxylic acid groups (broad SMARTS) is 1. The van der Waals surface area contributed by atoms with Gasteiger partial charge in [-0.1, -0.05) is 19.3 Å². The summed E-state index contributed by atoms with van der Waals surface area (Å²) in [6.07, 6.45) is 6.30. The molecule has 0 aromatic carbocycles. The predicted molar refractivity (Wildman–Crippen MR) is 51.9 cm³/mol. The van der Waals surface area contributed by atoms with Gasteiger partial charge in [0.05, 0.1) is 11.5 Å². The van der Waals surface area contributed by atoms with E-state index >= 15 is 0 Å². The fourth-order valence-electron chi connectivity index (χ4n) is 2.67. The highest BCUT2D eigenvalue weighted by atomic mass is 16.4. The number of aliphatic hydroxyl groups is 1.